The molecule has 0 aliphatic carbocycles. The molecular weight excluding hydrogens is 372 g/mol. The minimum atomic E-state index is -3.87. The summed E-state index contributed by atoms with van der Waals surface area (Å²) in [6.45, 7) is 5.54. The third kappa shape index (κ3) is 6.12. The monoisotopic (exact) mass is 394 g/mol. The van der Waals surface area contributed by atoms with Crippen molar-refractivity contribution in [3.8, 4) is 0 Å². The van der Waals surface area contributed by atoms with Crippen LogP contribution in [0.5, 0.6) is 0 Å². The Hall–Kier alpha value is -1.89. The van der Waals surface area contributed by atoms with Gasteiger partial charge in [0, 0.05) is 10.6 Å². The highest BCUT2D eigenvalue weighted by molar-refractivity contribution is 7.89. The van der Waals surface area contributed by atoms with Crippen LogP contribution in [-0.4, -0.2) is 25.9 Å². The molecule has 0 radical (unpaired) electrons. The van der Waals surface area contributed by atoms with E-state index in [2.05, 4.69) is 10.0 Å². The van der Waals surface area contributed by atoms with Gasteiger partial charge in [0.05, 0.1) is 4.90 Å². The molecule has 0 heterocycles. The Morgan fingerprint density at radius 2 is 1.62 bits per heavy atom. The van der Waals surface area contributed by atoms with Crippen molar-refractivity contribution in [1.29, 1.82) is 0 Å². The van der Waals surface area contributed by atoms with Gasteiger partial charge < -0.3 is 5.32 Å². The Balaban J connectivity index is 2.27. The van der Waals surface area contributed by atoms with Gasteiger partial charge in [-0.25, -0.2) is 8.42 Å². The number of sulfonamides is 1. The number of hydrogen-bond acceptors (Lipinski definition) is 3. The van der Waals surface area contributed by atoms with Gasteiger partial charge in [-0.1, -0.05) is 41.9 Å². The molecule has 0 aliphatic rings. The van der Waals surface area contributed by atoms with Crippen LogP contribution in [-0.2, 0) is 21.2 Å². The first-order valence-electron chi connectivity index (χ1n) is 8.21. The highest BCUT2D eigenvalue weighted by Crippen LogP contribution is 2.15. The summed E-state index contributed by atoms with van der Waals surface area (Å²) in [5.74, 6) is -0.376. The molecule has 0 saturated heterocycles. The lowest BCUT2D eigenvalue weighted by Gasteiger charge is -2.25. The molecule has 1 atom stereocenters. The van der Waals surface area contributed by atoms with E-state index in [-0.39, 0.29) is 17.2 Å². The first kappa shape index (κ1) is 20.4. The van der Waals surface area contributed by atoms with Crippen LogP contribution in [0.25, 0.3) is 0 Å². The number of halogens is 1. The zero-order valence-electron chi connectivity index (χ0n) is 15.0. The molecule has 0 fully saturated rings. The van der Waals surface area contributed by atoms with Gasteiger partial charge in [-0.05, 0) is 57.0 Å². The van der Waals surface area contributed by atoms with Crippen LogP contribution in [0, 0.1) is 0 Å². The maximum absolute atomic E-state index is 12.7. The molecule has 2 aromatic carbocycles. The predicted molar refractivity (Wildman–Crippen MR) is 104 cm³/mol. The van der Waals surface area contributed by atoms with E-state index in [0.717, 1.165) is 5.56 Å². The van der Waals surface area contributed by atoms with Gasteiger partial charge in [-0.3, -0.25) is 4.79 Å². The molecule has 2 aromatic rings. The summed E-state index contributed by atoms with van der Waals surface area (Å²) < 4.78 is 27.9. The Kier molecular flexibility index (Phi) is 6.44. The number of amides is 1. The fraction of sp³-hybridized carbons (Fsp3) is 0.316. The van der Waals surface area contributed by atoms with Crippen LogP contribution < -0.4 is 10.0 Å². The normalized spacial score (nSPS) is 13.2. The standard InChI is InChI=1S/C19H23ClN2O3S/c1-19(2,3)21-18(23)17(13-14-7-5-4-6-8-14)22-26(24,25)16-11-9-15(20)10-12-16/h4-12,17,22H,13H2,1-3H3,(H,21,23)/t17-/m0/s1. The van der Waals surface area contributed by atoms with E-state index < -0.39 is 21.6 Å². The maximum atomic E-state index is 12.7. The van der Waals surface area contributed by atoms with Crippen LogP contribution in [0.1, 0.15) is 26.3 Å². The Morgan fingerprint density at radius 1 is 1.04 bits per heavy atom. The van der Waals surface area contributed by atoms with Crippen molar-refractivity contribution in [3.05, 3.63) is 65.2 Å². The van der Waals surface area contributed by atoms with Crippen molar-refractivity contribution in [2.45, 2.75) is 43.7 Å². The molecule has 7 heteroatoms. The van der Waals surface area contributed by atoms with E-state index in [1.165, 1.54) is 24.3 Å². The second-order valence-electron chi connectivity index (χ2n) is 7.06. The third-order valence-electron chi connectivity index (χ3n) is 3.52. The topological polar surface area (TPSA) is 75.3 Å². The summed E-state index contributed by atoms with van der Waals surface area (Å²) >= 11 is 5.82. The van der Waals surface area contributed by atoms with E-state index in [0.29, 0.717) is 5.02 Å². The lowest BCUT2D eigenvalue weighted by Crippen LogP contribution is -2.52. The van der Waals surface area contributed by atoms with Crippen molar-refractivity contribution >= 4 is 27.5 Å². The fourth-order valence-corrected chi connectivity index (χ4v) is 3.68. The fourth-order valence-electron chi connectivity index (χ4n) is 2.36. The van der Waals surface area contributed by atoms with Gasteiger partial charge in [0.2, 0.25) is 15.9 Å². The smallest absolute Gasteiger partial charge is 0.241 e. The first-order chi connectivity index (χ1) is 12.1. The number of hydrogen-bond donors (Lipinski definition) is 2. The minimum absolute atomic E-state index is 0.0588. The second-order valence-corrected chi connectivity index (χ2v) is 9.21. The molecule has 5 nitrogen and oxygen atoms in total. The first-order valence-corrected chi connectivity index (χ1v) is 10.1. The van der Waals surface area contributed by atoms with Gasteiger partial charge in [-0.2, -0.15) is 4.72 Å². The summed E-state index contributed by atoms with van der Waals surface area (Å²) in [5.41, 5.74) is 0.387. The zero-order valence-corrected chi connectivity index (χ0v) is 16.6. The van der Waals surface area contributed by atoms with Crippen LogP contribution in [0.3, 0.4) is 0 Å². The summed E-state index contributed by atoms with van der Waals surface area (Å²) in [6.07, 6.45) is 0.246. The molecule has 0 spiro atoms. The molecule has 1 amide bonds. The van der Waals surface area contributed by atoms with E-state index in [4.69, 9.17) is 11.6 Å². The highest BCUT2D eigenvalue weighted by atomic mass is 35.5. The Labute approximate surface area is 159 Å². The Morgan fingerprint density at radius 3 is 2.15 bits per heavy atom. The van der Waals surface area contributed by atoms with E-state index in [1.807, 2.05) is 51.1 Å². The minimum Gasteiger partial charge on any atom is -0.350 e. The van der Waals surface area contributed by atoms with Crippen LogP contribution in [0.15, 0.2) is 59.5 Å². The molecule has 0 bridgehead atoms. The van der Waals surface area contributed by atoms with Gasteiger partial charge in [-0.15, -0.1) is 0 Å². The molecule has 2 rings (SSSR count). The van der Waals surface area contributed by atoms with Crippen LogP contribution >= 0.6 is 11.6 Å². The largest absolute Gasteiger partial charge is 0.350 e. The summed E-state index contributed by atoms with van der Waals surface area (Å²) in [7, 11) is -3.87. The molecule has 0 aromatic heterocycles. The molecule has 2 N–H and O–H groups in total. The van der Waals surface area contributed by atoms with Crippen molar-refractivity contribution < 1.29 is 13.2 Å². The number of rotatable bonds is 6. The van der Waals surface area contributed by atoms with E-state index in [1.54, 1.807) is 0 Å². The molecular formula is C19H23ClN2O3S. The average Bonchev–Trinajstić information content (AvgIpc) is 2.54. The second kappa shape index (κ2) is 8.20. The number of nitrogens with one attached hydrogen (secondary N) is 2. The highest BCUT2D eigenvalue weighted by Gasteiger charge is 2.28. The maximum Gasteiger partial charge on any atom is 0.241 e. The Bertz CT molecular complexity index is 845. The molecule has 140 valence electrons. The van der Waals surface area contributed by atoms with Gasteiger partial charge >= 0.3 is 0 Å². The molecule has 0 aliphatic heterocycles. The number of carbonyl (C=O) groups excluding carboxylic acids is 1. The zero-order chi connectivity index (χ0) is 19.4. The SMILES string of the molecule is CC(C)(C)NC(=O)[C@H](Cc1ccccc1)NS(=O)(=O)c1ccc(Cl)cc1. The molecule has 0 saturated carbocycles. The third-order valence-corrected chi connectivity index (χ3v) is 5.26. The number of carbonyl (C=O) groups is 1. The van der Waals surface area contributed by atoms with E-state index in [9.17, 15) is 13.2 Å². The summed E-state index contributed by atoms with van der Waals surface area (Å²) in [5, 5.41) is 3.28. The van der Waals surface area contributed by atoms with Crippen LogP contribution in [0.4, 0.5) is 0 Å². The van der Waals surface area contributed by atoms with Crippen molar-refractivity contribution in [2.24, 2.45) is 0 Å². The quantitative estimate of drug-likeness (QED) is 0.790. The van der Waals surface area contributed by atoms with Gasteiger partial charge in [0.25, 0.3) is 0 Å². The average molecular weight is 395 g/mol. The summed E-state index contributed by atoms with van der Waals surface area (Å²) in [6, 6.07) is 14.2. The van der Waals surface area contributed by atoms with Crippen molar-refractivity contribution in [1.82, 2.24) is 10.0 Å². The number of benzene rings is 2. The lowest BCUT2D eigenvalue weighted by atomic mass is 10.0. The van der Waals surface area contributed by atoms with Crippen molar-refractivity contribution in [3.63, 3.8) is 0 Å². The van der Waals surface area contributed by atoms with Gasteiger partial charge in [0.15, 0.2) is 0 Å². The lowest BCUT2D eigenvalue weighted by molar-refractivity contribution is -0.124. The van der Waals surface area contributed by atoms with Gasteiger partial charge in [0.1, 0.15) is 6.04 Å². The molecule has 0 unspecified atom stereocenters. The predicted octanol–water partition coefficient (Wildman–Crippen LogP) is 3.14. The van der Waals surface area contributed by atoms with Crippen LogP contribution in [0.2, 0.25) is 5.02 Å². The van der Waals surface area contributed by atoms with Crippen molar-refractivity contribution in [2.75, 3.05) is 0 Å². The molecule has 26 heavy (non-hydrogen) atoms. The van der Waals surface area contributed by atoms with E-state index >= 15 is 0 Å². The summed E-state index contributed by atoms with van der Waals surface area (Å²) in [4.78, 5) is 12.7.